The van der Waals surface area contributed by atoms with Crippen molar-refractivity contribution in [3.63, 3.8) is 0 Å². The van der Waals surface area contributed by atoms with E-state index in [4.69, 9.17) is 16.0 Å². The van der Waals surface area contributed by atoms with Gasteiger partial charge in [-0.15, -0.1) is 0 Å². The molecule has 0 aliphatic rings. The normalized spacial score (nSPS) is 11.5. The van der Waals surface area contributed by atoms with Crippen LogP contribution in [-0.2, 0) is 10.0 Å². The lowest BCUT2D eigenvalue weighted by atomic mass is 10.2. The van der Waals surface area contributed by atoms with E-state index in [-0.39, 0.29) is 21.2 Å². The number of benzene rings is 1. The van der Waals surface area contributed by atoms with E-state index in [1.807, 2.05) is 0 Å². The summed E-state index contributed by atoms with van der Waals surface area (Å²) in [6.45, 7) is 1.44. The lowest BCUT2D eigenvalue weighted by Gasteiger charge is -2.11. The Labute approximate surface area is 108 Å². The highest BCUT2D eigenvalue weighted by Gasteiger charge is 2.19. The molecule has 0 aliphatic heterocycles. The van der Waals surface area contributed by atoms with Crippen molar-refractivity contribution in [2.75, 3.05) is 4.72 Å². The number of furan rings is 1. The molecule has 0 amide bonds. The highest BCUT2D eigenvalue weighted by molar-refractivity contribution is 7.92. The average Bonchev–Trinajstić information content (AvgIpc) is 2.84. The number of hydrogen-bond donors (Lipinski definition) is 1. The first-order valence-electron chi connectivity index (χ1n) is 4.91. The molecule has 1 heterocycles. The fourth-order valence-electron chi connectivity index (χ4n) is 1.38. The Morgan fingerprint density at radius 3 is 2.67 bits per heavy atom. The maximum Gasteiger partial charge on any atom is 0.265 e. The second-order valence-electron chi connectivity index (χ2n) is 3.59. The minimum atomic E-state index is -3.83. The van der Waals surface area contributed by atoms with Crippen molar-refractivity contribution in [2.24, 2.45) is 0 Å². The van der Waals surface area contributed by atoms with Crippen LogP contribution in [0.2, 0.25) is 5.02 Å². The Morgan fingerprint density at radius 2 is 2.06 bits per heavy atom. The van der Waals surface area contributed by atoms with Gasteiger partial charge in [0.2, 0.25) is 0 Å². The first kappa shape index (κ1) is 12.9. The Kier molecular flexibility index (Phi) is 3.32. The number of sulfonamides is 1. The zero-order valence-electron chi connectivity index (χ0n) is 9.28. The number of anilines is 1. The molecule has 0 saturated carbocycles. The number of halogens is 2. The summed E-state index contributed by atoms with van der Waals surface area (Å²) in [5.74, 6) is -0.538. The topological polar surface area (TPSA) is 59.3 Å². The fraction of sp³-hybridized carbons (Fsp3) is 0.0909. The molecule has 2 aromatic rings. The van der Waals surface area contributed by atoms with Crippen molar-refractivity contribution in [1.82, 2.24) is 0 Å². The van der Waals surface area contributed by atoms with Crippen LogP contribution in [0.25, 0.3) is 0 Å². The molecule has 1 N–H and O–H groups in total. The smallest absolute Gasteiger partial charge is 0.265 e. The van der Waals surface area contributed by atoms with Crippen molar-refractivity contribution in [1.29, 1.82) is 0 Å². The third kappa shape index (κ3) is 2.34. The maximum atomic E-state index is 13.4. The molecular weight excluding hydrogens is 281 g/mol. The van der Waals surface area contributed by atoms with Crippen molar-refractivity contribution in [3.8, 4) is 0 Å². The second kappa shape index (κ2) is 4.62. The van der Waals surface area contributed by atoms with E-state index in [1.54, 1.807) is 0 Å². The summed E-state index contributed by atoms with van der Waals surface area (Å²) in [4.78, 5) is -0.0535. The van der Waals surface area contributed by atoms with Crippen molar-refractivity contribution < 1.29 is 17.2 Å². The van der Waals surface area contributed by atoms with Crippen molar-refractivity contribution in [2.45, 2.75) is 11.8 Å². The fourth-order valence-corrected chi connectivity index (χ4v) is 2.75. The van der Waals surface area contributed by atoms with Crippen LogP contribution < -0.4 is 4.72 Å². The van der Waals surface area contributed by atoms with E-state index in [1.165, 1.54) is 31.4 Å². The van der Waals surface area contributed by atoms with E-state index < -0.39 is 15.8 Å². The van der Waals surface area contributed by atoms with Crippen molar-refractivity contribution in [3.05, 3.63) is 47.1 Å². The summed E-state index contributed by atoms with van der Waals surface area (Å²) < 4.78 is 44.2. The SMILES string of the molecule is Cc1c(F)ccc(Cl)c1NS(=O)(=O)c1ccoc1. The molecular formula is C11H9ClFNO3S. The Hall–Kier alpha value is -1.53. The largest absolute Gasteiger partial charge is 0.471 e. The number of hydrogen-bond acceptors (Lipinski definition) is 3. The van der Waals surface area contributed by atoms with Gasteiger partial charge in [0.15, 0.2) is 0 Å². The monoisotopic (exact) mass is 289 g/mol. The van der Waals surface area contributed by atoms with Gasteiger partial charge in [-0.2, -0.15) is 0 Å². The number of rotatable bonds is 3. The molecule has 1 aromatic carbocycles. The molecule has 0 saturated heterocycles. The molecule has 7 heteroatoms. The third-order valence-corrected chi connectivity index (χ3v) is 4.03. The number of nitrogens with one attached hydrogen (secondary N) is 1. The molecule has 0 fully saturated rings. The van der Waals surface area contributed by atoms with E-state index in [0.717, 1.165) is 6.26 Å². The standard InChI is InChI=1S/C11H9ClFNO3S/c1-7-10(13)3-2-9(12)11(7)14-18(15,16)8-4-5-17-6-8/h2-6,14H,1H3. The van der Waals surface area contributed by atoms with Gasteiger partial charge in [0, 0.05) is 5.56 Å². The lowest BCUT2D eigenvalue weighted by Crippen LogP contribution is -2.13. The molecule has 0 bridgehead atoms. The summed E-state index contributed by atoms with van der Waals surface area (Å²) in [6.07, 6.45) is 2.31. The summed E-state index contributed by atoms with van der Waals surface area (Å²) in [6, 6.07) is 3.75. The summed E-state index contributed by atoms with van der Waals surface area (Å²) in [5, 5.41) is 0.126. The highest BCUT2D eigenvalue weighted by atomic mass is 35.5. The van der Waals surface area contributed by atoms with Gasteiger partial charge in [0.1, 0.15) is 17.0 Å². The van der Waals surface area contributed by atoms with E-state index >= 15 is 0 Å². The molecule has 18 heavy (non-hydrogen) atoms. The summed E-state index contributed by atoms with van der Waals surface area (Å²) >= 11 is 5.85. The molecule has 4 nitrogen and oxygen atoms in total. The lowest BCUT2D eigenvalue weighted by molar-refractivity contribution is 0.557. The predicted octanol–water partition coefficient (Wildman–Crippen LogP) is 3.18. The van der Waals surface area contributed by atoms with Crippen molar-refractivity contribution >= 4 is 27.3 Å². The van der Waals surface area contributed by atoms with Crippen LogP contribution >= 0.6 is 11.6 Å². The van der Waals surface area contributed by atoms with Gasteiger partial charge in [-0.1, -0.05) is 11.6 Å². The minimum absolute atomic E-state index is 0.0258. The van der Waals surface area contributed by atoms with Gasteiger partial charge in [-0.25, -0.2) is 12.8 Å². The molecule has 0 aliphatic carbocycles. The highest BCUT2D eigenvalue weighted by Crippen LogP contribution is 2.29. The van der Waals surface area contributed by atoms with Gasteiger partial charge in [0.05, 0.1) is 17.0 Å². The Bertz CT molecular complexity index is 668. The van der Waals surface area contributed by atoms with Gasteiger partial charge in [-0.3, -0.25) is 4.72 Å². The van der Waals surface area contributed by atoms with Gasteiger partial charge < -0.3 is 4.42 Å². The van der Waals surface area contributed by atoms with Gasteiger partial charge in [0.25, 0.3) is 10.0 Å². The van der Waals surface area contributed by atoms with Gasteiger partial charge >= 0.3 is 0 Å². The molecule has 96 valence electrons. The summed E-state index contributed by atoms with van der Waals surface area (Å²) in [7, 11) is -3.83. The van der Waals surface area contributed by atoms with Crippen LogP contribution in [0.4, 0.5) is 10.1 Å². The first-order valence-corrected chi connectivity index (χ1v) is 6.77. The molecule has 0 atom stereocenters. The minimum Gasteiger partial charge on any atom is -0.471 e. The summed E-state index contributed by atoms with van der Waals surface area (Å²) in [5.41, 5.74) is 0.160. The van der Waals surface area contributed by atoms with Crippen LogP contribution in [0.15, 0.2) is 40.0 Å². The molecule has 0 radical (unpaired) electrons. The molecule has 0 spiro atoms. The quantitative estimate of drug-likeness (QED) is 0.944. The van der Waals surface area contributed by atoms with Crippen LogP contribution in [0.1, 0.15) is 5.56 Å². The Morgan fingerprint density at radius 1 is 1.33 bits per heavy atom. The first-order chi connectivity index (χ1) is 8.42. The zero-order valence-corrected chi connectivity index (χ0v) is 10.8. The second-order valence-corrected chi connectivity index (χ2v) is 5.68. The van der Waals surface area contributed by atoms with Crippen LogP contribution in [0.3, 0.4) is 0 Å². The average molecular weight is 290 g/mol. The van der Waals surface area contributed by atoms with E-state index in [0.29, 0.717) is 0 Å². The Balaban J connectivity index is 2.45. The van der Waals surface area contributed by atoms with Crippen LogP contribution in [-0.4, -0.2) is 8.42 Å². The van der Waals surface area contributed by atoms with Crippen LogP contribution in [0.5, 0.6) is 0 Å². The zero-order chi connectivity index (χ0) is 13.3. The van der Waals surface area contributed by atoms with E-state index in [9.17, 15) is 12.8 Å². The van der Waals surface area contributed by atoms with Gasteiger partial charge in [-0.05, 0) is 25.1 Å². The van der Waals surface area contributed by atoms with E-state index in [2.05, 4.69) is 4.72 Å². The van der Waals surface area contributed by atoms with Crippen LogP contribution in [0, 0.1) is 12.7 Å². The third-order valence-electron chi connectivity index (χ3n) is 2.39. The predicted molar refractivity (Wildman–Crippen MR) is 65.7 cm³/mol. The molecule has 2 rings (SSSR count). The molecule has 1 aromatic heterocycles. The molecule has 0 unspecified atom stereocenters. The maximum absolute atomic E-state index is 13.4.